The van der Waals surface area contributed by atoms with E-state index >= 15 is 0 Å². The van der Waals surface area contributed by atoms with E-state index in [1.165, 1.54) is 24.3 Å². The molecule has 0 amide bonds. The molecule has 3 rings (SSSR count). The Morgan fingerprint density at radius 2 is 1.92 bits per heavy atom. The van der Waals surface area contributed by atoms with Crippen LogP contribution in [0.4, 0.5) is 13.2 Å². The maximum atomic E-state index is 13.1. The number of benzene rings is 1. The van der Waals surface area contributed by atoms with Gasteiger partial charge < -0.3 is 8.92 Å². The number of ether oxygens (including phenoxy) is 1. The number of aromatic nitrogens is 1. The average Bonchev–Trinajstić information content (AvgIpc) is 2.62. The van der Waals surface area contributed by atoms with Crippen LogP contribution in [-0.2, 0) is 29.1 Å². The Hall–Kier alpha value is -2.29. The number of pyridine rings is 1. The zero-order valence-corrected chi connectivity index (χ0v) is 13.2. The highest BCUT2D eigenvalue weighted by Crippen LogP contribution is 2.40. The lowest BCUT2D eigenvalue weighted by Gasteiger charge is -2.14. The molecule has 0 saturated heterocycles. The molecule has 9 heteroatoms. The third-order valence-corrected chi connectivity index (χ3v) is 3.91. The van der Waals surface area contributed by atoms with Crippen molar-refractivity contribution in [1.29, 1.82) is 0 Å². The van der Waals surface area contributed by atoms with Crippen molar-refractivity contribution in [2.45, 2.75) is 19.0 Å². The molecule has 128 valence electrons. The van der Waals surface area contributed by atoms with E-state index in [2.05, 4.69) is 9.17 Å². The maximum Gasteiger partial charge on any atom is 0.416 e. The minimum Gasteiger partial charge on any atom is -0.438 e. The molecule has 2 heterocycles. The molecule has 2 aromatic rings. The van der Waals surface area contributed by atoms with Crippen molar-refractivity contribution in [3.63, 3.8) is 0 Å². The number of nitrogens with zero attached hydrogens (tertiary/aromatic N) is 1. The third-order valence-electron chi connectivity index (χ3n) is 3.44. The van der Waals surface area contributed by atoms with Crippen LogP contribution in [0.25, 0.3) is 0 Å². The number of rotatable bonds is 2. The summed E-state index contributed by atoms with van der Waals surface area (Å²) in [5.41, 5.74) is -0.130. The molecule has 0 bridgehead atoms. The Morgan fingerprint density at radius 3 is 2.58 bits per heavy atom. The molecule has 0 atom stereocenters. The van der Waals surface area contributed by atoms with Crippen molar-refractivity contribution < 1.29 is 30.5 Å². The number of alkyl halides is 3. The molecule has 0 radical (unpaired) electrons. The topological polar surface area (TPSA) is 65.5 Å². The molecule has 0 spiro atoms. The zero-order chi connectivity index (χ0) is 17.5. The SMILES string of the molecule is CS(=O)(=O)Oc1ccc2c(n1)Oc1cccc(C(F)(F)F)c1CC2. The summed E-state index contributed by atoms with van der Waals surface area (Å²) in [6, 6.07) is 6.55. The lowest BCUT2D eigenvalue weighted by molar-refractivity contribution is -0.138. The average molecular weight is 359 g/mol. The van der Waals surface area contributed by atoms with Crippen molar-refractivity contribution in [1.82, 2.24) is 4.98 Å². The van der Waals surface area contributed by atoms with Gasteiger partial charge in [-0.05, 0) is 31.0 Å². The molecule has 1 aromatic carbocycles. The van der Waals surface area contributed by atoms with E-state index in [1.807, 2.05) is 0 Å². The first-order valence-electron chi connectivity index (χ1n) is 6.90. The Morgan fingerprint density at radius 1 is 1.17 bits per heavy atom. The molecular weight excluding hydrogens is 347 g/mol. The van der Waals surface area contributed by atoms with Crippen molar-refractivity contribution >= 4 is 10.1 Å². The van der Waals surface area contributed by atoms with Crippen LogP contribution in [0.2, 0.25) is 0 Å². The summed E-state index contributed by atoms with van der Waals surface area (Å²) in [5.74, 6) is -0.117. The molecule has 1 aliphatic heterocycles. The monoisotopic (exact) mass is 359 g/mol. The summed E-state index contributed by atoms with van der Waals surface area (Å²) < 4.78 is 71.9. The van der Waals surface area contributed by atoms with E-state index < -0.39 is 21.9 Å². The van der Waals surface area contributed by atoms with Crippen LogP contribution < -0.4 is 8.92 Å². The number of halogens is 3. The van der Waals surface area contributed by atoms with E-state index in [4.69, 9.17) is 4.74 Å². The van der Waals surface area contributed by atoms with E-state index in [-0.39, 0.29) is 35.9 Å². The highest BCUT2D eigenvalue weighted by Gasteiger charge is 2.35. The van der Waals surface area contributed by atoms with Crippen LogP contribution in [-0.4, -0.2) is 19.7 Å². The van der Waals surface area contributed by atoms with Gasteiger partial charge in [-0.15, -0.1) is 0 Å². The first-order chi connectivity index (χ1) is 11.1. The Balaban J connectivity index is 2.02. The van der Waals surface area contributed by atoms with Crippen molar-refractivity contribution in [3.8, 4) is 17.5 Å². The van der Waals surface area contributed by atoms with Crippen LogP contribution in [0.3, 0.4) is 0 Å². The predicted octanol–water partition coefficient (Wildman–Crippen LogP) is 3.33. The van der Waals surface area contributed by atoms with E-state index in [0.29, 0.717) is 5.56 Å². The van der Waals surface area contributed by atoms with Crippen LogP contribution >= 0.6 is 0 Å². The second kappa shape index (κ2) is 5.66. The summed E-state index contributed by atoms with van der Waals surface area (Å²) in [7, 11) is -3.77. The van der Waals surface area contributed by atoms with Gasteiger partial charge >= 0.3 is 16.3 Å². The van der Waals surface area contributed by atoms with Crippen LogP contribution in [0.5, 0.6) is 17.5 Å². The smallest absolute Gasteiger partial charge is 0.416 e. The van der Waals surface area contributed by atoms with E-state index in [0.717, 1.165) is 12.3 Å². The van der Waals surface area contributed by atoms with Gasteiger partial charge in [0.15, 0.2) is 0 Å². The number of fused-ring (bicyclic) bond motifs is 2. The number of hydrogen-bond donors (Lipinski definition) is 0. The van der Waals surface area contributed by atoms with Crippen molar-refractivity contribution in [3.05, 3.63) is 47.0 Å². The fourth-order valence-electron chi connectivity index (χ4n) is 2.48. The van der Waals surface area contributed by atoms with E-state index in [9.17, 15) is 21.6 Å². The fraction of sp³-hybridized carbons (Fsp3) is 0.267. The molecule has 0 unspecified atom stereocenters. The van der Waals surface area contributed by atoms with E-state index in [1.54, 1.807) is 0 Å². The largest absolute Gasteiger partial charge is 0.438 e. The quantitative estimate of drug-likeness (QED) is 0.770. The molecule has 0 fully saturated rings. The maximum absolute atomic E-state index is 13.1. The lowest BCUT2D eigenvalue weighted by atomic mass is 10.00. The second-order valence-corrected chi connectivity index (χ2v) is 6.86. The van der Waals surface area contributed by atoms with Crippen LogP contribution in [0, 0.1) is 0 Å². The molecule has 0 saturated carbocycles. The molecule has 0 aliphatic carbocycles. The summed E-state index contributed by atoms with van der Waals surface area (Å²) >= 11 is 0. The lowest BCUT2D eigenvalue weighted by Crippen LogP contribution is -2.09. The highest BCUT2D eigenvalue weighted by atomic mass is 32.2. The van der Waals surface area contributed by atoms with Crippen molar-refractivity contribution in [2.24, 2.45) is 0 Å². The van der Waals surface area contributed by atoms with Gasteiger partial charge in [-0.2, -0.15) is 26.6 Å². The molecule has 24 heavy (non-hydrogen) atoms. The fourth-order valence-corrected chi connectivity index (χ4v) is 2.88. The van der Waals surface area contributed by atoms with Gasteiger partial charge in [-0.25, -0.2) is 0 Å². The summed E-state index contributed by atoms with van der Waals surface area (Å²) in [6.45, 7) is 0. The molecule has 1 aromatic heterocycles. The number of hydrogen-bond acceptors (Lipinski definition) is 5. The van der Waals surface area contributed by atoms with Crippen LogP contribution in [0.15, 0.2) is 30.3 Å². The van der Waals surface area contributed by atoms with Crippen molar-refractivity contribution in [2.75, 3.05) is 6.26 Å². The molecule has 5 nitrogen and oxygen atoms in total. The summed E-state index contributed by atoms with van der Waals surface area (Å²) in [4.78, 5) is 3.94. The Kier molecular flexibility index (Phi) is 3.90. The van der Waals surface area contributed by atoms with Gasteiger partial charge in [0, 0.05) is 17.2 Å². The van der Waals surface area contributed by atoms with Gasteiger partial charge in [-0.3, -0.25) is 0 Å². The summed E-state index contributed by atoms with van der Waals surface area (Å²) in [5, 5.41) is 0. The van der Waals surface area contributed by atoms with Gasteiger partial charge in [0.1, 0.15) is 5.75 Å². The van der Waals surface area contributed by atoms with Gasteiger partial charge in [0.05, 0.1) is 11.8 Å². The Labute approximate surface area is 136 Å². The van der Waals surface area contributed by atoms with Gasteiger partial charge in [0.2, 0.25) is 11.8 Å². The Bertz CT molecular complexity index is 894. The first-order valence-corrected chi connectivity index (χ1v) is 8.71. The normalized spacial score (nSPS) is 14.2. The highest BCUT2D eigenvalue weighted by molar-refractivity contribution is 7.86. The third kappa shape index (κ3) is 3.45. The minimum atomic E-state index is -4.48. The molecular formula is C15H12F3NO4S. The first kappa shape index (κ1) is 16.6. The molecule has 0 N–H and O–H groups in total. The number of aryl methyl sites for hydroxylation is 1. The zero-order valence-electron chi connectivity index (χ0n) is 12.4. The van der Waals surface area contributed by atoms with Gasteiger partial charge in [-0.1, -0.05) is 6.07 Å². The molecule has 1 aliphatic rings. The predicted molar refractivity (Wildman–Crippen MR) is 78.6 cm³/mol. The summed E-state index contributed by atoms with van der Waals surface area (Å²) in [6.07, 6.45) is -3.21. The standard InChI is InChI=1S/C15H12F3NO4S/c1-24(20,21)23-13-8-6-9-5-7-10-11(15(16,17)18)3-2-4-12(10)22-14(9)19-13/h2-4,6,8H,5,7H2,1H3. The van der Waals surface area contributed by atoms with Crippen LogP contribution in [0.1, 0.15) is 16.7 Å². The second-order valence-electron chi connectivity index (χ2n) is 5.28. The van der Waals surface area contributed by atoms with Gasteiger partial charge in [0.25, 0.3) is 0 Å². The minimum absolute atomic E-state index is 0.0363.